The zero-order valence-electron chi connectivity index (χ0n) is 8.41. The summed E-state index contributed by atoms with van der Waals surface area (Å²) < 4.78 is 0. The predicted molar refractivity (Wildman–Crippen MR) is 50.5 cm³/mol. The molecule has 0 saturated heterocycles. The molecule has 0 amide bonds. The van der Waals surface area contributed by atoms with Gasteiger partial charge < -0.3 is 5.21 Å². The summed E-state index contributed by atoms with van der Waals surface area (Å²) in [5.41, 5.74) is 0.908. The van der Waals surface area contributed by atoms with Crippen LogP contribution in [-0.2, 0) is 0 Å². The number of nitrogens with zero attached hydrogens (tertiary/aromatic N) is 2. The maximum absolute atomic E-state index is 8.64. The first kappa shape index (κ1) is 10.0. The van der Waals surface area contributed by atoms with E-state index in [1.54, 1.807) is 0 Å². The Balaban J connectivity index is 2.65. The topological polar surface area (TPSA) is 56.4 Å². The fourth-order valence-electron chi connectivity index (χ4n) is 2.25. The van der Waals surface area contributed by atoms with E-state index in [2.05, 4.69) is 25.1 Å². The van der Waals surface area contributed by atoms with E-state index in [-0.39, 0.29) is 5.41 Å². The molecule has 3 nitrogen and oxygen atoms in total. The number of nitriles is 1. The minimum atomic E-state index is 0.117. The second-order valence-electron chi connectivity index (χ2n) is 4.41. The second kappa shape index (κ2) is 3.37. The molecule has 1 rings (SSSR count). The van der Waals surface area contributed by atoms with Gasteiger partial charge >= 0.3 is 0 Å². The number of hydrogen-bond acceptors (Lipinski definition) is 3. The molecule has 0 aliphatic heterocycles. The highest BCUT2D eigenvalue weighted by molar-refractivity contribution is 5.85. The first-order valence-electron chi connectivity index (χ1n) is 4.59. The van der Waals surface area contributed by atoms with Crippen LogP contribution in [0.15, 0.2) is 5.16 Å². The van der Waals surface area contributed by atoms with Gasteiger partial charge in [-0.2, -0.15) is 5.26 Å². The van der Waals surface area contributed by atoms with Crippen molar-refractivity contribution >= 4 is 5.71 Å². The lowest BCUT2D eigenvalue weighted by Gasteiger charge is -2.51. The second-order valence-corrected chi connectivity index (χ2v) is 4.41. The van der Waals surface area contributed by atoms with Gasteiger partial charge in [0.1, 0.15) is 0 Å². The highest BCUT2D eigenvalue weighted by Crippen LogP contribution is 2.53. The summed E-state index contributed by atoms with van der Waals surface area (Å²) in [6.07, 6.45) is 1.60. The molecule has 2 unspecified atom stereocenters. The Hall–Kier alpha value is -1.04. The Morgan fingerprint density at radius 3 is 2.69 bits per heavy atom. The van der Waals surface area contributed by atoms with Crippen LogP contribution < -0.4 is 0 Å². The Morgan fingerprint density at radius 1 is 1.69 bits per heavy atom. The van der Waals surface area contributed by atoms with Crippen LogP contribution in [0.3, 0.4) is 0 Å². The van der Waals surface area contributed by atoms with E-state index in [4.69, 9.17) is 10.5 Å². The third-order valence-corrected chi connectivity index (χ3v) is 3.47. The molecule has 72 valence electrons. The van der Waals surface area contributed by atoms with E-state index in [0.29, 0.717) is 18.3 Å². The van der Waals surface area contributed by atoms with Crippen LogP contribution in [0.2, 0.25) is 0 Å². The van der Waals surface area contributed by atoms with Gasteiger partial charge in [0.15, 0.2) is 0 Å². The average molecular weight is 180 g/mol. The van der Waals surface area contributed by atoms with E-state index >= 15 is 0 Å². The SMILES string of the molecule is C/C(=N\O)C1CC(CC#N)C1(C)C. The summed E-state index contributed by atoms with van der Waals surface area (Å²) in [5, 5.41) is 20.5. The Labute approximate surface area is 79.1 Å². The summed E-state index contributed by atoms with van der Waals surface area (Å²) >= 11 is 0. The largest absolute Gasteiger partial charge is 0.411 e. The lowest BCUT2D eigenvalue weighted by molar-refractivity contribution is 0.0260. The molecule has 1 saturated carbocycles. The monoisotopic (exact) mass is 180 g/mol. The van der Waals surface area contributed by atoms with Gasteiger partial charge in [-0.3, -0.25) is 0 Å². The van der Waals surface area contributed by atoms with E-state index in [1.807, 2.05) is 6.92 Å². The van der Waals surface area contributed by atoms with E-state index in [1.165, 1.54) is 0 Å². The molecule has 13 heavy (non-hydrogen) atoms. The maximum Gasteiger partial charge on any atom is 0.0624 e. The lowest BCUT2D eigenvalue weighted by Crippen LogP contribution is -2.48. The van der Waals surface area contributed by atoms with E-state index in [9.17, 15) is 0 Å². The van der Waals surface area contributed by atoms with E-state index < -0.39 is 0 Å². The van der Waals surface area contributed by atoms with Crippen LogP contribution in [0.25, 0.3) is 0 Å². The number of rotatable bonds is 2. The molecule has 0 radical (unpaired) electrons. The summed E-state index contributed by atoms with van der Waals surface area (Å²) in [7, 11) is 0. The molecule has 3 heteroatoms. The predicted octanol–water partition coefficient (Wildman–Crippen LogP) is 2.41. The van der Waals surface area contributed by atoms with Crippen LogP contribution in [0.5, 0.6) is 0 Å². The van der Waals surface area contributed by atoms with Gasteiger partial charge in [-0.25, -0.2) is 0 Å². The van der Waals surface area contributed by atoms with Gasteiger partial charge in [-0.15, -0.1) is 0 Å². The number of oxime groups is 1. The van der Waals surface area contributed by atoms with Gasteiger partial charge in [-0.1, -0.05) is 19.0 Å². The van der Waals surface area contributed by atoms with Crippen molar-refractivity contribution in [2.45, 2.75) is 33.6 Å². The van der Waals surface area contributed by atoms with Crippen LogP contribution in [0, 0.1) is 28.6 Å². The molecule has 0 spiro atoms. The summed E-state index contributed by atoms with van der Waals surface area (Å²) in [6.45, 7) is 6.12. The van der Waals surface area contributed by atoms with Gasteiger partial charge in [0.05, 0.1) is 11.8 Å². The minimum absolute atomic E-state index is 0.117. The molecular weight excluding hydrogens is 164 g/mol. The van der Waals surface area contributed by atoms with Crippen LogP contribution in [-0.4, -0.2) is 10.9 Å². The normalized spacial score (nSPS) is 32.0. The van der Waals surface area contributed by atoms with Crippen molar-refractivity contribution in [2.24, 2.45) is 22.4 Å². The van der Waals surface area contributed by atoms with Gasteiger partial charge in [-0.05, 0) is 24.7 Å². The lowest BCUT2D eigenvalue weighted by atomic mass is 9.53. The molecular formula is C10H16N2O. The van der Waals surface area contributed by atoms with Crippen molar-refractivity contribution in [1.29, 1.82) is 5.26 Å². The highest BCUT2D eigenvalue weighted by Gasteiger charge is 2.49. The summed E-state index contributed by atoms with van der Waals surface area (Å²) in [5.74, 6) is 0.801. The van der Waals surface area contributed by atoms with Crippen LogP contribution in [0.1, 0.15) is 33.6 Å². The molecule has 0 aromatic rings. The zero-order valence-corrected chi connectivity index (χ0v) is 8.41. The Kier molecular flexibility index (Phi) is 2.60. The Bertz CT molecular complexity index is 263. The third-order valence-electron chi connectivity index (χ3n) is 3.47. The molecule has 1 N–H and O–H groups in total. The molecule has 0 aromatic carbocycles. The van der Waals surface area contributed by atoms with Crippen molar-refractivity contribution in [2.75, 3.05) is 0 Å². The quantitative estimate of drug-likeness (QED) is 0.403. The first-order valence-corrected chi connectivity index (χ1v) is 4.59. The Morgan fingerprint density at radius 2 is 2.31 bits per heavy atom. The van der Waals surface area contributed by atoms with E-state index in [0.717, 1.165) is 12.1 Å². The standard InChI is InChI=1S/C10H16N2O/c1-7(12-13)9-6-8(4-5-11)10(9,2)3/h8-9,13H,4,6H2,1-3H3/b12-7+. The minimum Gasteiger partial charge on any atom is -0.411 e. The van der Waals surface area contributed by atoms with Crippen LogP contribution >= 0.6 is 0 Å². The molecule has 1 fully saturated rings. The fourth-order valence-corrected chi connectivity index (χ4v) is 2.25. The third kappa shape index (κ3) is 1.53. The summed E-state index contributed by atoms with van der Waals surface area (Å²) in [4.78, 5) is 0. The highest BCUT2D eigenvalue weighted by atomic mass is 16.4. The van der Waals surface area contributed by atoms with Crippen molar-refractivity contribution in [1.82, 2.24) is 0 Å². The maximum atomic E-state index is 8.64. The molecule has 0 aromatic heterocycles. The van der Waals surface area contributed by atoms with Crippen LogP contribution in [0.4, 0.5) is 0 Å². The summed E-state index contributed by atoms with van der Waals surface area (Å²) in [6, 6.07) is 2.20. The van der Waals surface area contributed by atoms with Gasteiger partial charge in [0.25, 0.3) is 0 Å². The molecule has 0 bridgehead atoms. The molecule has 1 aliphatic rings. The van der Waals surface area contributed by atoms with Crippen molar-refractivity contribution < 1.29 is 5.21 Å². The van der Waals surface area contributed by atoms with Crippen molar-refractivity contribution in [3.8, 4) is 6.07 Å². The molecule has 2 atom stereocenters. The zero-order chi connectivity index (χ0) is 10.1. The smallest absolute Gasteiger partial charge is 0.0624 e. The van der Waals surface area contributed by atoms with Gasteiger partial charge in [0, 0.05) is 12.3 Å². The average Bonchev–Trinajstić information content (AvgIpc) is 2.10. The molecule has 0 heterocycles. The number of hydrogen-bond donors (Lipinski definition) is 1. The van der Waals surface area contributed by atoms with Gasteiger partial charge in [0.2, 0.25) is 0 Å². The molecule has 1 aliphatic carbocycles. The van der Waals surface area contributed by atoms with Crippen molar-refractivity contribution in [3.63, 3.8) is 0 Å². The first-order chi connectivity index (χ1) is 6.04. The van der Waals surface area contributed by atoms with Crippen molar-refractivity contribution in [3.05, 3.63) is 0 Å². The fraction of sp³-hybridized carbons (Fsp3) is 0.800.